The molecule has 0 spiro atoms. The van der Waals surface area contributed by atoms with Crippen molar-refractivity contribution in [3.8, 4) is 0 Å². The van der Waals surface area contributed by atoms with E-state index in [-0.39, 0.29) is 5.44 Å². The Hall–Kier alpha value is -0.600. The lowest BCUT2D eigenvalue weighted by Gasteiger charge is -2.40. The Labute approximate surface area is 116 Å². The molecule has 0 aromatic rings. The van der Waals surface area contributed by atoms with Crippen molar-refractivity contribution in [2.24, 2.45) is 4.99 Å². The van der Waals surface area contributed by atoms with Crippen LogP contribution < -0.4 is 0 Å². The maximum Gasteiger partial charge on any atom is 0.161 e. The smallest absolute Gasteiger partial charge is 0.161 e. The molecular weight excluding hydrogens is 268 g/mol. The molecule has 0 bridgehead atoms. The zero-order valence-corrected chi connectivity index (χ0v) is 11.8. The maximum absolute atomic E-state index is 10.1. The van der Waals surface area contributed by atoms with Gasteiger partial charge in [0.25, 0.3) is 0 Å². The van der Waals surface area contributed by atoms with Gasteiger partial charge in [0.1, 0.15) is 29.8 Å². The first-order valence-corrected chi connectivity index (χ1v) is 7.06. The van der Waals surface area contributed by atoms with E-state index in [9.17, 15) is 15.3 Å². The molecule has 108 valence electrons. The van der Waals surface area contributed by atoms with Crippen LogP contribution in [0, 0.1) is 0 Å². The Morgan fingerprint density at radius 2 is 2.16 bits per heavy atom. The fourth-order valence-corrected chi connectivity index (χ4v) is 3.36. The van der Waals surface area contributed by atoms with Gasteiger partial charge in [-0.1, -0.05) is 17.8 Å². The first-order valence-electron chi connectivity index (χ1n) is 6.18. The molecule has 19 heavy (non-hydrogen) atoms. The number of rotatable bonds is 3. The SMILES string of the molecule is C=CC[C@H](O)[C@H]1O[C@@H]2SC(N(C)C)=N[C@@H]2[C@@H](O)[C@@H]1O. The Bertz CT molecular complexity index is 377. The number of aliphatic imine (C=N–C) groups is 1. The van der Waals surface area contributed by atoms with Gasteiger partial charge in [0.2, 0.25) is 0 Å². The first-order chi connectivity index (χ1) is 8.95. The standard InChI is InChI=1S/C12H20N2O4S/c1-4-5-6(15)10-9(17)8(16)7-11(18-10)19-12(13-7)14(2)3/h4,6-11,15-17H,1,5H2,2-3H3/t6-,7+,8+,9-,10+,11+/m0/s1. The lowest BCUT2D eigenvalue weighted by molar-refractivity contribution is -0.184. The molecule has 0 amide bonds. The second-order valence-electron chi connectivity index (χ2n) is 4.96. The summed E-state index contributed by atoms with van der Waals surface area (Å²) in [5.74, 6) is 0. The number of ether oxygens (including phenoxy) is 1. The predicted molar refractivity (Wildman–Crippen MR) is 74.0 cm³/mol. The van der Waals surface area contributed by atoms with Gasteiger partial charge in [-0.25, -0.2) is 0 Å². The maximum atomic E-state index is 10.1. The minimum absolute atomic E-state index is 0.303. The van der Waals surface area contributed by atoms with E-state index in [2.05, 4.69) is 11.6 Å². The molecule has 0 radical (unpaired) electrons. The van der Waals surface area contributed by atoms with E-state index in [1.165, 1.54) is 11.8 Å². The third kappa shape index (κ3) is 2.80. The molecule has 2 heterocycles. The van der Waals surface area contributed by atoms with Crippen molar-refractivity contribution in [1.82, 2.24) is 4.90 Å². The van der Waals surface area contributed by atoms with Crippen molar-refractivity contribution < 1.29 is 20.1 Å². The third-order valence-electron chi connectivity index (χ3n) is 3.26. The summed E-state index contributed by atoms with van der Waals surface area (Å²) in [6, 6.07) is -0.496. The van der Waals surface area contributed by atoms with Crippen molar-refractivity contribution in [2.75, 3.05) is 14.1 Å². The van der Waals surface area contributed by atoms with Crippen LogP contribution in [0.2, 0.25) is 0 Å². The molecule has 0 saturated carbocycles. The summed E-state index contributed by atoms with van der Waals surface area (Å²) in [5.41, 5.74) is -0.375. The molecule has 0 unspecified atom stereocenters. The number of fused-ring (bicyclic) bond motifs is 1. The summed E-state index contributed by atoms with van der Waals surface area (Å²) in [6.45, 7) is 3.55. The third-order valence-corrected chi connectivity index (χ3v) is 4.56. The highest BCUT2D eigenvalue weighted by molar-refractivity contribution is 8.14. The van der Waals surface area contributed by atoms with Gasteiger partial charge < -0.3 is 25.0 Å². The minimum atomic E-state index is -1.15. The number of thioether (sulfide) groups is 1. The lowest BCUT2D eigenvalue weighted by atomic mass is 9.94. The molecular formula is C12H20N2O4S. The van der Waals surface area contributed by atoms with Crippen LogP contribution in [0.25, 0.3) is 0 Å². The molecule has 0 aliphatic carbocycles. The molecule has 6 nitrogen and oxygen atoms in total. The van der Waals surface area contributed by atoms with Gasteiger partial charge in [-0.05, 0) is 6.42 Å². The topological polar surface area (TPSA) is 85.5 Å². The van der Waals surface area contributed by atoms with Crippen molar-refractivity contribution in [3.05, 3.63) is 12.7 Å². The van der Waals surface area contributed by atoms with Gasteiger partial charge in [-0.2, -0.15) is 0 Å². The summed E-state index contributed by atoms with van der Waals surface area (Å²) < 4.78 is 5.70. The van der Waals surface area contributed by atoms with E-state index in [1.54, 1.807) is 6.08 Å². The molecule has 1 fully saturated rings. The first kappa shape index (κ1) is 14.8. The van der Waals surface area contributed by atoms with Gasteiger partial charge in [-0.15, -0.1) is 6.58 Å². The van der Waals surface area contributed by atoms with E-state index in [0.717, 1.165) is 5.17 Å². The lowest BCUT2D eigenvalue weighted by Crippen LogP contribution is -2.58. The summed E-state index contributed by atoms with van der Waals surface area (Å²) in [4.78, 5) is 6.18. The number of hydrogen-bond acceptors (Lipinski definition) is 7. The van der Waals surface area contributed by atoms with E-state index in [0.29, 0.717) is 6.42 Å². The van der Waals surface area contributed by atoms with Crippen molar-refractivity contribution in [2.45, 2.75) is 42.3 Å². The Balaban J connectivity index is 2.12. The number of aliphatic hydroxyl groups is 3. The van der Waals surface area contributed by atoms with Gasteiger partial charge >= 0.3 is 0 Å². The average molecular weight is 288 g/mol. The monoisotopic (exact) mass is 288 g/mol. The van der Waals surface area contributed by atoms with E-state index in [4.69, 9.17) is 4.74 Å². The zero-order valence-electron chi connectivity index (χ0n) is 11.0. The summed E-state index contributed by atoms with van der Waals surface area (Å²) in [7, 11) is 3.71. The van der Waals surface area contributed by atoms with Crippen molar-refractivity contribution in [1.29, 1.82) is 0 Å². The van der Waals surface area contributed by atoms with Crippen LogP contribution >= 0.6 is 11.8 Å². The quantitative estimate of drug-likeness (QED) is 0.602. The predicted octanol–water partition coefficient (Wildman–Crippen LogP) is -0.597. The Kier molecular flexibility index (Phi) is 4.52. The van der Waals surface area contributed by atoms with Crippen LogP contribution in [-0.2, 0) is 4.74 Å². The largest absolute Gasteiger partial charge is 0.390 e. The Morgan fingerprint density at radius 3 is 2.74 bits per heavy atom. The molecule has 6 atom stereocenters. The highest BCUT2D eigenvalue weighted by Gasteiger charge is 2.50. The summed E-state index contributed by atoms with van der Waals surface area (Å²) in [5, 5.41) is 30.9. The molecule has 2 aliphatic heterocycles. The fourth-order valence-electron chi connectivity index (χ4n) is 2.21. The van der Waals surface area contributed by atoms with Crippen LogP contribution in [0.1, 0.15) is 6.42 Å². The van der Waals surface area contributed by atoms with Crippen LogP contribution in [0.4, 0.5) is 0 Å². The van der Waals surface area contributed by atoms with Gasteiger partial charge in [0.15, 0.2) is 5.17 Å². The molecule has 1 saturated heterocycles. The Morgan fingerprint density at radius 1 is 1.47 bits per heavy atom. The molecule has 3 N–H and O–H groups in total. The van der Waals surface area contributed by atoms with Gasteiger partial charge in [-0.3, -0.25) is 4.99 Å². The van der Waals surface area contributed by atoms with E-state index in [1.807, 2.05) is 19.0 Å². The van der Waals surface area contributed by atoms with Gasteiger partial charge in [0.05, 0.1) is 6.10 Å². The number of amidine groups is 1. The highest BCUT2D eigenvalue weighted by atomic mass is 32.2. The second kappa shape index (κ2) is 5.80. The highest BCUT2D eigenvalue weighted by Crippen LogP contribution is 2.37. The van der Waals surface area contributed by atoms with Crippen LogP contribution in [-0.4, -0.2) is 75.4 Å². The average Bonchev–Trinajstić information content (AvgIpc) is 2.78. The minimum Gasteiger partial charge on any atom is -0.390 e. The van der Waals surface area contributed by atoms with Crippen molar-refractivity contribution in [3.63, 3.8) is 0 Å². The van der Waals surface area contributed by atoms with Crippen LogP contribution in [0.3, 0.4) is 0 Å². The van der Waals surface area contributed by atoms with Crippen LogP contribution in [0.5, 0.6) is 0 Å². The second-order valence-corrected chi connectivity index (χ2v) is 6.02. The molecule has 2 rings (SSSR count). The molecule has 0 aromatic carbocycles. The van der Waals surface area contributed by atoms with E-state index >= 15 is 0 Å². The van der Waals surface area contributed by atoms with Crippen LogP contribution in [0.15, 0.2) is 17.6 Å². The summed E-state index contributed by atoms with van der Waals surface area (Å²) in [6.07, 6.45) is -2.03. The molecule has 7 heteroatoms. The van der Waals surface area contributed by atoms with E-state index < -0.39 is 30.5 Å². The summed E-state index contributed by atoms with van der Waals surface area (Å²) >= 11 is 1.39. The number of nitrogens with zero attached hydrogens (tertiary/aromatic N) is 2. The zero-order chi connectivity index (χ0) is 14.2. The van der Waals surface area contributed by atoms with Gasteiger partial charge in [0, 0.05) is 14.1 Å². The fraction of sp³-hybridized carbons (Fsp3) is 0.750. The molecule has 0 aromatic heterocycles. The number of hydrogen-bond donors (Lipinski definition) is 3. The molecule has 2 aliphatic rings. The normalized spacial score (nSPS) is 39.4. The van der Waals surface area contributed by atoms with Crippen molar-refractivity contribution >= 4 is 16.9 Å². The number of aliphatic hydroxyl groups excluding tert-OH is 3.